The van der Waals surface area contributed by atoms with Gasteiger partial charge in [-0.1, -0.05) is 23.2 Å². The van der Waals surface area contributed by atoms with Crippen molar-refractivity contribution < 1.29 is 19.8 Å². The maximum atomic E-state index is 12.7. The Morgan fingerprint density at radius 3 is 2.28 bits per heavy atom. The number of carbonyl (C=O) groups excluding carboxylic acids is 1. The zero-order valence-corrected chi connectivity index (χ0v) is 18.9. The number of piperidine rings is 1. The summed E-state index contributed by atoms with van der Waals surface area (Å²) < 4.78 is 0. The molecule has 0 aromatic heterocycles. The van der Waals surface area contributed by atoms with E-state index in [0.717, 1.165) is 12.8 Å². The number of nitrogens with zero attached hydrogens (tertiary/aromatic N) is 2. The highest BCUT2D eigenvalue weighted by Crippen LogP contribution is 2.28. The number of carbonyl (C=O) groups is 2. The van der Waals surface area contributed by atoms with Gasteiger partial charge in [0, 0.05) is 47.8 Å². The van der Waals surface area contributed by atoms with Gasteiger partial charge >= 0.3 is 5.97 Å². The number of β-amino-alcohol motifs (C(OH)–C–C–N with tert-alkyl or cyclic N) is 1. The number of likely N-dealkylation sites (tertiary alicyclic amines) is 1. The van der Waals surface area contributed by atoms with Gasteiger partial charge in [0.2, 0.25) is 0 Å². The van der Waals surface area contributed by atoms with Crippen molar-refractivity contribution in [1.82, 2.24) is 10.2 Å². The van der Waals surface area contributed by atoms with Gasteiger partial charge in [0.25, 0.3) is 5.91 Å². The predicted molar refractivity (Wildman–Crippen MR) is 124 cm³/mol. The number of hydrogen-bond donors (Lipinski definition) is 3. The molecule has 2 heterocycles. The molecule has 7 nitrogen and oxygen atoms in total. The molecular formula is C23H25Cl2N3O4. The van der Waals surface area contributed by atoms with E-state index < -0.39 is 12.1 Å². The van der Waals surface area contributed by atoms with Crippen molar-refractivity contribution in [2.24, 2.45) is 0 Å². The molecule has 0 radical (unpaired) electrons. The molecule has 2 aromatic carbocycles. The van der Waals surface area contributed by atoms with Gasteiger partial charge in [-0.3, -0.25) is 4.79 Å². The number of benzene rings is 2. The van der Waals surface area contributed by atoms with Gasteiger partial charge in [0.15, 0.2) is 0 Å². The molecule has 2 aliphatic rings. The van der Waals surface area contributed by atoms with E-state index in [2.05, 4.69) is 5.32 Å². The Morgan fingerprint density at radius 1 is 0.969 bits per heavy atom. The van der Waals surface area contributed by atoms with Crippen LogP contribution in [-0.2, 0) is 0 Å². The highest BCUT2D eigenvalue weighted by molar-refractivity contribution is 6.31. The Labute approximate surface area is 196 Å². The molecule has 0 saturated carbocycles. The second-order valence-electron chi connectivity index (χ2n) is 8.29. The molecule has 3 N–H and O–H groups in total. The molecule has 2 aromatic rings. The quantitative estimate of drug-likeness (QED) is 0.612. The van der Waals surface area contributed by atoms with Crippen LogP contribution in [0.1, 0.15) is 33.6 Å². The van der Waals surface area contributed by atoms with Gasteiger partial charge in [-0.25, -0.2) is 4.79 Å². The zero-order chi connectivity index (χ0) is 22.8. The van der Waals surface area contributed by atoms with Gasteiger partial charge < -0.3 is 25.3 Å². The molecule has 4 rings (SSSR count). The lowest BCUT2D eigenvalue weighted by Crippen LogP contribution is -2.50. The van der Waals surface area contributed by atoms with Crippen LogP contribution >= 0.6 is 23.2 Å². The number of anilines is 1. The first-order chi connectivity index (χ1) is 15.3. The maximum absolute atomic E-state index is 12.7. The first-order valence-corrected chi connectivity index (χ1v) is 11.3. The third-order valence-corrected chi connectivity index (χ3v) is 6.63. The summed E-state index contributed by atoms with van der Waals surface area (Å²) in [4.78, 5) is 28.0. The summed E-state index contributed by atoms with van der Waals surface area (Å²) >= 11 is 11.9. The summed E-state index contributed by atoms with van der Waals surface area (Å²) in [5.41, 5.74) is 1.30. The minimum atomic E-state index is -1.05. The van der Waals surface area contributed by atoms with E-state index in [1.807, 2.05) is 9.80 Å². The van der Waals surface area contributed by atoms with Crippen LogP contribution in [-0.4, -0.2) is 71.4 Å². The Balaban J connectivity index is 1.33. The number of aliphatic hydroxyl groups excluding tert-OH is 1. The Bertz CT molecular complexity index is 993. The van der Waals surface area contributed by atoms with Crippen LogP contribution in [0.4, 0.5) is 5.69 Å². The number of carboxylic acid groups (broad SMARTS) is 1. The topological polar surface area (TPSA) is 93.1 Å². The Morgan fingerprint density at radius 2 is 1.62 bits per heavy atom. The summed E-state index contributed by atoms with van der Waals surface area (Å²) in [6.45, 7) is 2.10. The van der Waals surface area contributed by atoms with Gasteiger partial charge in [0.1, 0.15) is 0 Å². The molecule has 1 unspecified atom stereocenters. The molecule has 32 heavy (non-hydrogen) atoms. The average Bonchev–Trinajstić information content (AvgIpc) is 3.14. The van der Waals surface area contributed by atoms with E-state index >= 15 is 0 Å². The number of aliphatic hydroxyl groups is 1. The van der Waals surface area contributed by atoms with Crippen molar-refractivity contribution in [3.8, 4) is 0 Å². The third-order valence-electron chi connectivity index (χ3n) is 6.14. The van der Waals surface area contributed by atoms with E-state index in [4.69, 9.17) is 23.2 Å². The molecule has 2 atom stereocenters. The van der Waals surface area contributed by atoms with Crippen molar-refractivity contribution >= 4 is 40.8 Å². The highest BCUT2D eigenvalue weighted by Gasteiger charge is 2.35. The van der Waals surface area contributed by atoms with E-state index in [0.29, 0.717) is 47.5 Å². The molecule has 9 heteroatoms. The first-order valence-electron chi connectivity index (χ1n) is 10.6. The number of halogens is 2. The number of hydrogen-bond acceptors (Lipinski definition) is 5. The monoisotopic (exact) mass is 477 g/mol. The van der Waals surface area contributed by atoms with E-state index in [1.54, 1.807) is 36.4 Å². The maximum Gasteiger partial charge on any atom is 0.337 e. The summed E-state index contributed by atoms with van der Waals surface area (Å²) in [5.74, 6) is -1.05. The predicted octanol–water partition coefficient (Wildman–Crippen LogP) is 3.14. The Hall–Kier alpha value is -2.32. The van der Waals surface area contributed by atoms with Gasteiger partial charge in [-0.05, 0) is 55.3 Å². The van der Waals surface area contributed by atoms with Crippen LogP contribution in [0.15, 0.2) is 42.5 Å². The van der Waals surface area contributed by atoms with Crippen molar-refractivity contribution in [2.75, 3.05) is 31.1 Å². The fraction of sp³-hybridized carbons (Fsp3) is 0.391. The molecule has 2 aliphatic heterocycles. The van der Waals surface area contributed by atoms with E-state index in [1.165, 1.54) is 6.07 Å². The minimum Gasteiger partial charge on any atom is -0.478 e. The molecule has 1 amide bonds. The highest BCUT2D eigenvalue weighted by atomic mass is 35.5. The fourth-order valence-corrected chi connectivity index (χ4v) is 4.73. The smallest absolute Gasteiger partial charge is 0.337 e. The molecule has 2 fully saturated rings. The Kier molecular flexibility index (Phi) is 6.90. The fourth-order valence-electron chi connectivity index (χ4n) is 4.43. The van der Waals surface area contributed by atoms with E-state index in [9.17, 15) is 19.8 Å². The average molecular weight is 478 g/mol. The summed E-state index contributed by atoms with van der Waals surface area (Å²) in [6, 6.07) is 11.7. The number of rotatable bonds is 5. The minimum absolute atomic E-state index is 0.00358. The number of amides is 1. The summed E-state index contributed by atoms with van der Waals surface area (Å²) in [5, 5.41) is 24.6. The molecule has 0 spiro atoms. The van der Waals surface area contributed by atoms with Gasteiger partial charge in [0.05, 0.1) is 23.4 Å². The lowest BCUT2D eigenvalue weighted by molar-refractivity contribution is 0.0685. The van der Waals surface area contributed by atoms with Crippen LogP contribution in [0.2, 0.25) is 10.0 Å². The van der Waals surface area contributed by atoms with Crippen molar-refractivity contribution in [3.05, 3.63) is 63.6 Å². The van der Waals surface area contributed by atoms with Crippen LogP contribution < -0.4 is 10.2 Å². The SMILES string of the molecule is O=C(O)c1cc(Cl)ccc1N1CC(NC2CCN(C(=O)c3ccc(Cl)cc3)CC2)[C@H](O)C1. The van der Waals surface area contributed by atoms with Crippen molar-refractivity contribution in [1.29, 1.82) is 0 Å². The van der Waals surface area contributed by atoms with Crippen LogP contribution in [0.3, 0.4) is 0 Å². The lowest BCUT2D eigenvalue weighted by atomic mass is 10.0. The zero-order valence-electron chi connectivity index (χ0n) is 17.4. The summed E-state index contributed by atoms with van der Waals surface area (Å²) in [7, 11) is 0. The third kappa shape index (κ3) is 5.02. The van der Waals surface area contributed by atoms with Crippen LogP contribution in [0.25, 0.3) is 0 Å². The standard InChI is InChI=1S/C23H25Cl2N3O4/c24-15-3-1-14(2-4-15)22(30)27-9-7-17(8-10-27)26-19-12-28(13-21(19)29)20-6-5-16(25)11-18(20)23(31)32/h1-6,11,17,19,21,26,29H,7-10,12-13H2,(H,31,32)/t19?,21-/m1/s1. The van der Waals surface area contributed by atoms with Crippen LogP contribution in [0.5, 0.6) is 0 Å². The molecular weight excluding hydrogens is 453 g/mol. The molecule has 0 bridgehead atoms. The molecule has 2 saturated heterocycles. The van der Waals surface area contributed by atoms with Crippen molar-refractivity contribution in [2.45, 2.75) is 31.0 Å². The van der Waals surface area contributed by atoms with E-state index in [-0.39, 0.29) is 23.6 Å². The largest absolute Gasteiger partial charge is 0.478 e. The van der Waals surface area contributed by atoms with Crippen LogP contribution in [0, 0.1) is 0 Å². The second kappa shape index (κ2) is 9.67. The molecule has 0 aliphatic carbocycles. The normalized spacial score (nSPS) is 21.7. The second-order valence-corrected chi connectivity index (χ2v) is 9.16. The summed E-state index contributed by atoms with van der Waals surface area (Å²) in [6.07, 6.45) is 0.939. The number of nitrogens with one attached hydrogen (secondary N) is 1. The van der Waals surface area contributed by atoms with Gasteiger partial charge in [-0.15, -0.1) is 0 Å². The number of aromatic carboxylic acids is 1. The first kappa shape index (κ1) is 22.9. The van der Waals surface area contributed by atoms with Crippen molar-refractivity contribution in [3.63, 3.8) is 0 Å². The molecule has 170 valence electrons. The lowest BCUT2D eigenvalue weighted by Gasteiger charge is -2.34. The van der Waals surface area contributed by atoms with Gasteiger partial charge in [-0.2, -0.15) is 0 Å². The number of carboxylic acids is 1.